The summed E-state index contributed by atoms with van der Waals surface area (Å²) in [4.78, 5) is 25.8. The molecule has 0 atom stereocenters. The van der Waals surface area contributed by atoms with Gasteiger partial charge in [-0.05, 0) is 12.1 Å². The summed E-state index contributed by atoms with van der Waals surface area (Å²) in [7, 11) is 0. The molecule has 0 saturated carbocycles. The van der Waals surface area contributed by atoms with Gasteiger partial charge in [0.25, 0.3) is 0 Å². The standard InChI is InChI=1S/C26H24F2N4O2S/c27-19-6-7-21(22(28)14-19)23-15-29-24(34-23)8-9-25(33)32-12-10-31(11-13-32)16-20-17-35-26(30-20)18-4-2-1-3-5-18/h1-7,14-15,17H,8-13,16H2. The van der Waals surface area contributed by atoms with Crippen molar-refractivity contribution in [2.24, 2.45) is 0 Å². The van der Waals surface area contributed by atoms with Crippen molar-refractivity contribution in [1.29, 1.82) is 0 Å². The SMILES string of the molecule is O=C(CCc1ncc(-c2ccc(F)cc2F)o1)N1CCN(Cc2csc(-c3ccccc3)n2)CC1. The molecule has 180 valence electrons. The summed E-state index contributed by atoms with van der Waals surface area (Å²) in [5.41, 5.74) is 2.31. The fourth-order valence-electron chi connectivity index (χ4n) is 4.09. The van der Waals surface area contributed by atoms with E-state index in [1.165, 1.54) is 18.3 Å². The van der Waals surface area contributed by atoms with E-state index in [0.717, 1.165) is 42.0 Å². The molecule has 2 aromatic carbocycles. The van der Waals surface area contributed by atoms with E-state index in [1.54, 1.807) is 11.3 Å². The van der Waals surface area contributed by atoms with E-state index >= 15 is 0 Å². The number of nitrogens with zero attached hydrogens (tertiary/aromatic N) is 4. The van der Waals surface area contributed by atoms with Crippen LogP contribution in [-0.4, -0.2) is 51.9 Å². The van der Waals surface area contributed by atoms with Crippen LogP contribution < -0.4 is 0 Å². The molecule has 2 aromatic heterocycles. The molecule has 1 saturated heterocycles. The molecular weight excluding hydrogens is 470 g/mol. The molecule has 6 nitrogen and oxygen atoms in total. The first-order chi connectivity index (χ1) is 17.0. The summed E-state index contributed by atoms with van der Waals surface area (Å²) in [5.74, 6) is -0.752. The van der Waals surface area contributed by atoms with Gasteiger partial charge in [0.1, 0.15) is 16.6 Å². The molecule has 1 fully saturated rings. The van der Waals surface area contributed by atoms with E-state index in [2.05, 4.69) is 27.4 Å². The van der Waals surface area contributed by atoms with Gasteiger partial charge in [0.15, 0.2) is 11.7 Å². The number of rotatable bonds is 7. The Morgan fingerprint density at radius 1 is 1.06 bits per heavy atom. The second kappa shape index (κ2) is 10.5. The lowest BCUT2D eigenvalue weighted by Crippen LogP contribution is -2.48. The smallest absolute Gasteiger partial charge is 0.223 e. The van der Waals surface area contributed by atoms with Crippen molar-refractivity contribution in [3.8, 4) is 21.9 Å². The Hall–Kier alpha value is -3.43. The molecule has 0 unspecified atom stereocenters. The molecule has 1 amide bonds. The van der Waals surface area contributed by atoms with Gasteiger partial charge in [-0.15, -0.1) is 11.3 Å². The van der Waals surface area contributed by atoms with Gasteiger partial charge < -0.3 is 9.32 Å². The zero-order valence-electron chi connectivity index (χ0n) is 19.0. The third-order valence-electron chi connectivity index (χ3n) is 5.99. The Morgan fingerprint density at radius 2 is 1.86 bits per heavy atom. The van der Waals surface area contributed by atoms with Crippen LogP contribution in [0.15, 0.2) is 64.5 Å². The lowest BCUT2D eigenvalue weighted by atomic mass is 10.2. The second-order valence-corrected chi connectivity index (χ2v) is 9.27. The number of hydrogen-bond donors (Lipinski definition) is 0. The number of hydrogen-bond acceptors (Lipinski definition) is 6. The summed E-state index contributed by atoms with van der Waals surface area (Å²) < 4.78 is 32.7. The molecule has 9 heteroatoms. The maximum Gasteiger partial charge on any atom is 0.223 e. The van der Waals surface area contributed by atoms with Crippen LogP contribution in [0.1, 0.15) is 18.0 Å². The van der Waals surface area contributed by atoms with Gasteiger partial charge in [-0.1, -0.05) is 30.3 Å². The van der Waals surface area contributed by atoms with Crippen LogP contribution in [0.4, 0.5) is 8.78 Å². The van der Waals surface area contributed by atoms with Crippen LogP contribution in [0.25, 0.3) is 21.9 Å². The minimum Gasteiger partial charge on any atom is -0.441 e. The van der Waals surface area contributed by atoms with E-state index in [9.17, 15) is 13.6 Å². The van der Waals surface area contributed by atoms with Crippen molar-refractivity contribution in [2.45, 2.75) is 19.4 Å². The van der Waals surface area contributed by atoms with Crippen molar-refractivity contribution < 1.29 is 18.0 Å². The van der Waals surface area contributed by atoms with Crippen LogP contribution in [0.5, 0.6) is 0 Å². The van der Waals surface area contributed by atoms with E-state index in [1.807, 2.05) is 23.1 Å². The van der Waals surface area contributed by atoms with Gasteiger partial charge in [-0.25, -0.2) is 18.7 Å². The quantitative estimate of drug-likeness (QED) is 0.361. The first kappa shape index (κ1) is 23.3. The Morgan fingerprint density at radius 3 is 2.63 bits per heavy atom. The molecule has 0 bridgehead atoms. The number of carbonyl (C=O) groups excluding carboxylic acids is 1. The first-order valence-corrected chi connectivity index (χ1v) is 12.3. The first-order valence-electron chi connectivity index (χ1n) is 11.5. The monoisotopic (exact) mass is 494 g/mol. The van der Waals surface area contributed by atoms with Gasteiger partial charge in [0.2, 0.25) is 5.91 Å². The third kappa shape index (κ3) is 5.63. The molecular formula is C26H24F2N4O2S. The summed E-state index contributed by atoms with van der Waals surface area (Å²) in [5, 5.41) is 3.12. The maximum absolute atomic E-state index is 14.0. The fraction of sp³-hybridized carbons (Fsp3) is 0.269. The molecule has 35 heavy (non-hydrogen) atoms. The zero-order chi connectivity index (χ0) is 24.2. The van der Waals surface area contributed by atoms with Crippen molar-refractivity contribution in [3.05, 3.63) is 83.3 Å². The summed E-state index contributed by atoms with van der Waals surface area (Å²) in [6, 6.07) is 13.4. The minimum atomic E-state index is -0.712. The average Bonchev–Trinajstić information content (AvgIpc) is 3.54. The van der Waals surface area contributed by atoms with Gasteiger partial charge in [-0.3, -0.25) is 9.69 Å². The Labute approximate surface area is 205 Å². The van der Waals surface area contributed by atoms with Crippen molar-refractivity contribution in [1.82, 2.24) is 19.8 Å². The highest BCUT2D eigenvalue weighted by atomic mass is 32.1. The van der Waals surface area contributed by atoms with E-state index in [4.69, 9.17) is 9.40 Å². The molecule has 0 aliphatic carbocycles. The predicted octanol–water partition coefficient (Wildman–Crippen LogP) is 5.02. The molecule has 1 aliphatic heterocycles. The Kier molecular flexibility index (Phi) is 6.96. The molecule has 3 heterocycles. The number of aromatic nitrogens is 2. The molecule has 5 rings (SSSR count). The van der Waals surface area contributed by atoms with Gasteiger partial charge in [-0.2, -0.15) is 0 Å². The number of benzene rings is 2. The number of piperazine rings is 1. The highest BCUT2D eigenvalue weighted by Crippen LogP contribution is 2.25. The maximum atomic E-state index is 14.0. The van der Waals surface area contributed by atoms with Crippen molar-refractivity contribution >= 4 is 17.2 Å². The minimum absolute atomic E-state index is 0.0392. The Balaban J connectivity index is 1.09. The number of amides is 1. The van der Waals surface area contributed by atoms with Crippen LogP contribution >= 0.6 is 11.3 Å². The highest BCUT2D eigenvalue weighted by molar-refractivity contribution is 7.13. The van der Waals surface area contributed by atoms with E-state index < -0.39 is 11.6 Å². The second-order valence-electron chi connectivity index (χ2n) is 8.41. The number of carbonyl (C=O) groups is 1. The van der Waals surface area contributed by atoms with Crippen LogP contribution in [0, 0.1) is 11.6 Å². The zero-order valence-corrected chi connectivity index (χ0v) is 19.8. The summed E-state index contributed by atoms with van der Waals surface area (Å²) in [6.45, 7) is 3.66. The lowest BCUT2D eigenvalue weighted by molar-refractivity contribution is -0.133. The van der Waals surface area contributed by atoms with Crippen LogP contribution in [0.2, 0.25) is 0 Å². The summed E-state index contributed by atoms with van der Waals surface area (Å²) in [6.07, 6.45) is 1.98. The van der Waals surface area contributed by atoms with Crippen molar-refractivity contribution in [2.75, 3.05) is 26.2 Å². The topological polar surface area (TPSA) is 62.5 Å². The van der Waals surface area contributed by atoms with Crippen LogP contribution in [0.3, 0.4) is 0 Å². The highest BCUT2D eigenvalue weighted by Gasteiger charge is 2.22. The molecule has 0 N–H and O–H groups in total. The fourth-order valence-corrected chi connectivity index (χ4v) is 4.91. The lowest BCUT2D eigenvalue weighted by Gasteiger charge is -2.34. The largest absolute Gasteiger partial charge is 0.441 e. The predicted molar refractivity (Wildman–Crippen MR) is 130 cm³/mol. The van der Waals surface area contributed by atoms with Gasteiger partial charge >= 0.3 is 0 Å². The van der Waals surface area contributed by atoms with Crippen LogP contribution in [-0.2, 0) is 17.8 Å². The van der Waals surface area contributed by atoms with Gasteiger partial charge in [0.05, 0.1) is 17.5 Å². The van der Waals surface area contributed by atoms with Crippen molar-refractivity contribution in [3.63, 3.8) is 0 Å². The number of aryl methyl sites for hydroxylation is 1. The molecule has 0 radical (unpaired) electrons. The number of thiazole rings is 1. The Bertz CT molecular complexity index is 1300. The normalized spacial score (nSPS) is 14.4. The van der Waals surface area contributed by atoms with E-state index in [-0.39, 0.29) is 23.7 Å². The average molecular weight is 495 g/mol. The summed E-state index contributed by atoms with van der Waals surface area (Å²) >= 11 is 1.65. The third-order valence-corrected chi connectivity index (χ3v) is 6.93. The molecule has 0 spiro atoms. The number of oxazole rings is 1. The number of halogens is 2. The molecule has 4 aromatic rings. The van der Waals surface area contributed by atoms with Gasteiger partial charge in [0, 0.05) is 62.6 Å². The van der Waals surface area contributed by atoms with E-state index in [0.29, 0.717) is 25.4 Å². The molecule has 1 aliphatic rings.